The molecule has 138 valence electrons. The summed E-state index contributed by atoms with van der Waals surface area (Å²) in [7, 11) is 0. The summed E-state index contributed by atoms with van der Waals surface area (Å²) in [4.78, 5) is 28.0. The number of carboxylic acids is 1. The van der Waals surface area contributed by atoms with Gasteiger partial charge < -0.3 is 10.4 Å². The van der Waals surface area contributed by atoms with Crippen LogP contribution in [0.2, 0.25) is 5.02 Å². The fourth-order valence-corrected chi connectivity index (χ4v) is 3.50. The van der Waals surface area contributed by atoms with Crippen LogP contribution >= 0.6 is 22.9 Å². The molecule has 0 aliphatic rings. The molecule has 0 bridgehead atoms. The quantitative estimate of drug-likeness (QED) is 0.631. The molecule has 0 fully saturated rings. The molecule has 0 radical (unpaired) electrons. The second-order valence-electron chi connectivity index (χ2n) is 5.73. The van der Waals surface area contributed by atoms with E-state index in [1.54, 1.807) is 29.6 Å². The SMILES string of the molecule is O=C(O)C[C@H](NC(=O)c1csc(-c2cccc(Cl)c2)n1)c1cccc(F)c1. The molecule has 1 amide bonds. The minimum atomic E-state index is -1.11. The summed E-state index contributed by atoms with van der Waals surface area (Å²) >= 11 is 7.25. The summed E-state index contributed by atoms with van der Waals surface area (Å²) in [6, 6.07) is 11.7. The zero-order chi connectivity index (χ0) is 19.4. The first-order chi connectivity index (χ1) is 12.9. The molecule has 8 heteroatoms. The van der Waals surface area contributed by atoms with E-state index in [4.69, 9.17) is 16.7 Å². The average molecular weight is 405 g/mol. The van der Waals surface area contributed by atoms with Crippen LogP contribution in [0.5, 0.6) is 0 Å². The first-order valence-electron chi connectivity index (χ1n) is 7.92. The molecule has 27 heavy (non-hydrogen) atoms. The summed E-state index contributed by atoms with van der Waals surface area (Å²) < 4.78 is 13.5. The van der Waals surface area contributed by atoms with Crippen molar-refractivity contribution in [3.63, 3.8) is 0 Å². The van der Waals surface area contributed by atoms with Gasteiger partial charge in [-0.1, -0.05) is 35.9 Å². The Balaban J connectivity index is 1.81. The van der Waals surface area contributed by atoms with Crippen LogP contribution in [0, 0.1) is 5.82 Å². The third-order valence-electron chi connectivity index (χ3n) is 3.74. The van der Waals surface area contributed by atoms with E-state index >= 15 is 0 Å². The number of nitrogens with one attached hydrogen (secondary N) is 1. The number of benzene rings is 2. The van der Waals surface area contributed by atoms with E-state index in [1.807, 2.05) is 6.07 Å². The standard InChI is InChI=1S/C19H14ClFN2O3S/c20-13-5-1-4-12(7-13)19-23-16(10-27-19)18(26)22-15(9-17(24)25)11-3-2-6-14(21)8-11/h1-8,10,15H,9H2,(H,22,26)(H,24,25)/t15-/m0/s1. The van der Waals surface area contributed by atoms with E-state index in [9.17, 15) is 14.0 Å². The molecule has 0 unspecified atom stereocenters. The number of nitrogens with zero attached hydrogens (tertiary/aromatic N) is 1. The van der Waals surface area contributed by atoms with Crippen LogP contribution in [0.4, 0.5) is 4.39 Å². The van der Waals surface area contributed by atoms with Crippen molar-refractivity contribution in [1.29, 1.82) is 0 Å². The molecule has 3 aromatic rings. The van der Waals surface area contributed by atoms with E-state index in [0.717, 1.165) is 5.56 Å². The average Bonchev–Trinajstić information content (AvgIpc) is 3.11. The summed E-state index contributed by atoms with van der Waals surface area (Å²) in [6.45, 7) is 0. The summed E-state index contributed by atoms with van der Waals surface area (Å²) in [5.41, 5.74) is 1.30. The van der Waals surface area contributed by atoms with Gasteiger partial charge in [-0.3, -0.25) is 9.59 Å². The molecular weight excluding hydrogens is 391 g/mol. The minimum absolute atomic E-state index is 0.154. The van der Waals surface area contributed by atoms with Crippen molar-refractivity contribution >= 4 is 34.8 Å². The van der Waals surface area contributed by atoms with Crippen LogP contribution in [0.1, 0.15) is 28.5 Å². The van der Waals surface area contributed by atoms with Gasteiger partial charge in [0, 0.05) is 16.0 Å². The predicted octanol–water partition coefficient (Wildman–Crippen LogP) is 4.55. The number of thiazole rings is 1. The third kappa shape index (κ3) is 4.90. The first-order valence-corrected chi connectivity index (χ1v) is 9.18. The molecule has 1 aromatic heterocycles. The van der Waals surface area contributed by atoms with Gasteiger partial charge in [0.05, 0.1) is 12.5 Å². The van der Waals surface area contributed by atoms with E-state index in [1.165, 1.54) is 29.5 Å². The molecular formula is C19H14ClFN2O3S. The first kappa shape index (κ1) is 19.0. The van der Waals surface area contributed by atoms with Crippen LogP contribution in [0.25, 0.3) is 10.6 Å². The molecule has 0 saturated carbocycles. The lowest BCUT2D eigenvalue weighted by molar-refractivity contribution is -0.137. The maximum atomic E-state index is 13.5. The van der Waals surface area contributed by atoms with Crippen molar-refractivity contribution in [2.75, 3.05) is 0 Å². The second-order valence-corrected chi connectivity index (χ2v) is 7.02. The molecule has 1 heterocycles. The fraction of sp³-hybridized carbons (Fsp3) is 0.105. The van der Waals surface area contributed by atoms with Crippen LogP contribution in [0.3, 0.4) is 0 Å². The molecule has 5 nitrogen and oxygen atoms in total. The summed E-state index contributed by atoms with van der Waals surface area (Å²) in [5.74, 6) is -2.15. The van der Waals surface area contributed by atoms with Gasteiger partial charge in [0.1, 0.15) is 16.5 Å². The lowest BCUT2D eigenvalue weighted by atomic mass is 10.0. The zero-order valence-electron chi connectivity index (χ0n) is 13.9. The second kappa shape index (κ2) is 8.28. The van der Waals surface area contributed by atoms with Crippen molar-refractivity contribution in [2.24, 2.45) is 0 Å². The summed E-state index contributed by atoms with van der Waals surface area (Å²) in [6.07, 6.45) is -0.375. The van der Waals surface area contributed by atoms with Crippen LogP contribution in [-0.4, -0.2) is 22.0 Å². The van der Waals surface area contributed by atoms with Gasteiger partial charge in [-0.05, 0) is 29.8 Å². The largest absolute Gasteiger partial charge is 0.481 e. The van der Waals surface area contributed by atoms with Crippen LogP contribution in [0.15, 0.2) is 53.9 Å². The smallest absolute Gasteiger partial charge is 0.305 e. The van der Waals surface area contributed by atoms with Gasteiger partial charge in [0.15, 0.2) is 0 Å². The van der Waals surface area contributed by atoms with Crippen LogP contribution < -0.4 is 5.32 Å². The van der Waals surface area contributed by atoms with Crippen LogP contribution in [-0.2, 0) is 4.79 Å². The van der Waals surface area contributed by atoms with E-state index in [2.05, 4.69) is 10.3 Å². The Bertz CT molecular complexity index is 992. The maximum Gasteiger partial charge on any atom is 0.305 e. The molecule has 3 rings (SSSR count). The number of rotatable bonds is 6. The van der Waals surface area contributed by atoms with Crippen molar-refractivity contribution in [3.05, 3.63) is 76.0 Å². The normalized spacial score (nSPS) is 11.8. The van der Waals surface area contributed by atoms with Gasteiger partial charge in [-0.2, -0.15) is 0 Å². The monoisotopic (exact) mass is 404 g/mol. The Labute approximate surface area is 163 Å². The Morgan fingerprint density at radius 1 is 1.22 bits per heavy atom. The lowest BCUT2D eigenvalue weighted by Gasteiger charge is -2.16. The fourth-order valence-electron chi connectivity index (χ4n) is 2.51. The molecule has 2 N–H and O–H groups in total. The number of hydrogen-bond acceptors (Lipinski definition) is 4. The number of carbonyl (C=O) groups excluding carboxylic acids is 1. The number of hydrogen-bond donors (Lipinski definition) is 2. The number of aromatic nitrogens is 1. The number of halogens is 2. The molecule has 0 aliphatic heterocycles. The predicted molar refractivity (Wildman–Crippen MR) is 101 cm³/mol. The Kier molecular flexibility index (Phi) is 5.83. The molecule has 1 atom stereocenters. The highest BCUT2D eigenvalue weighted by Gasteiger charge is 2.21. The molecule has 0 saturated heterocycles. The van der Waals surface area contributed by atoms with Gasteiger partial charge in [-0.15, -0.1) is 11.3 Å². The van der Waals surface area contributed by atoms with Gasteiger partial charge in [0.2, 0.25) is 0 Å². The highest BCUT2D eigenvalue weighted by molar-refractivity contribution is 7.13. The van der Waals surface area contributed by atoms with Gasteiger partial charge in [-0.25, -0.2) is 9.37 Å². The zero-order valence-corrected chi connectivity index (χ0v) is 15.4. The van der Waals surface area contributed by atoms with E-state index in [-0.39, 0.29) is 12.1 Å². The lowest BCUT2D eigenvalue weighted by Crippen LogP contribution is -2.30. The Hall–Kier alpha value is -2.77. The number of carboxylic acid groups (broad SMARTS) is 1. The highest BCUT2D eigenvalue weighted by Crippen LogP contribution is 2.26. The third-order valence-corrected chi connectivity index (χ3v) is 4.87. The number of aliphatic carboxylic acids is 1. The molecule has 2 aromatic carbocycles. The molecule has 0 spiro atoms. The topological polar surface area (TPSA) is 79.3 Å². The van der Waals surface area contributed by atoms with E-state index < -0.39 is 23.7 Å². The highest BCUT2D eigenvalue weighted by atomic mass is 35.5. The minimum Gasteiger partial charge on any atom is -0.481 e. The van der Waals surface area contributed by atoms with Crippen molar-refractivity contribution in [1.82, 2.24) is 10.3 Å². The molecule has 0 aliphatic carbocycles. The maximum absolute atomic E-state index is 13.5. The van der Waals surface area contributed by atoms with Crippen molar-refractivity contribution in [2.45, 2.75) is 12.5 Å². The van der Waals surface area contributed by atoms with E-state index in [0.29, 0.717) is 15.6 Å². The van der Waals surface area contributed by atoms with Crippen molar-refractivity contribution in [3.8, 4) is 10.6 Å². The van der Waals surface area contributed by atoms with Gasteiger partial charge >= 0.3 is 5.97 Å². The van der Waals surface area contributed by atoms with Crippen molar-refractivity contribution < 1.29 is 19.1 Å². The number of amides is 1. The summed E-state index contributed by atoms with van der Waals surface area (Å²) in [5, 5.41) is 14.5. The van der Waals surface area contributed by atoms with Gasteiger partial charge in [0.25, 0.3) is 5.91 Å². The Morgan fingerprint density at radius 2 is 2.00 bits per heavy atom. The number of carbonyl (C=O) groups is 2. The Morgan fingerprint density at radius 3 is 2.70 bits per heavy atom.